The van der Waals surface area contributed by atoms with Gasteiger partial charge in [0.25, 0.3) is 0 Å². The molecule has 5 nitrogen and oxygen atoms in total. The van der Waals surface area contributed by atoms with E-state index in [1.165, 1.54) is 7.11 Å². The molecule has 0 atom stereocenters. The first kappa shape index (κ1) is 22.1. The third-order valence-corrected chi connectivity index (χ3v) is 5.32. The summed E-state index contributed by atoms with van der Waals surface area (Å²) in [5.74, 6) is 1.37. The van der Waals surface area contributed by atoms with E-state index in [-0.39, 0.29) is 5.97 Å². The number of aromatic nitrogens is 1. The Balaban J connectivity index is 1.42. The minimum atomic E-state index is -0.192. The summed E-state index contributed by atoms with van der Waals surface area (Å²) in [7, 11) is 1.41. The molecular formula is C24H26BrNO4. The highest BCUT2D eigenvalue weighted by molar-refractivity contribution is 9.10. The lowest BCUT2D eigenvalue weighted by atomic mass is 10.0. The Bertz CT molecular complexity index is 983. The van der Waals surface area contributed by atoms with Crippen molar-refractivity contribution in [3.63, 3.8) is 0 Å². The van der Waals surface area contributed by atoms with Crippen molar-refractivity contribution in [2.75, 3.05) is 13.7 Å². The Morgan fingerprint density at radius 1 is 1.17 bits per heavy atom. The van der Waals surface area contributed by atoms with Gasteiger partial charge in [-0.1, -0.05) is 34.1 Å². The van der Waals surface area contributed by atoms with Gasteiger partial charge in [0.05, 0.1) is 19.4 Å². The quantitative estimate of drug-likeness (QED) is 0.290. The van der Waals surface area contributed by atoms with Crippen LogP contribution in [-0.2, 0) is 28.8 Å². The SMILES string of the molecule is COC(=O)CCc1ccc(OCCCc2coc(Cc3cccc(Br)c3)n2)cc1C. The average Bonchev–Trinajstić information content (AvgIpc) is 3.17. The van der Waals surface area contributed by atoms with Gasteiger partial charge in [0.2, 0.25) is 0 Å². The zero-order valence-electron chi connectivity index (χ0n) is 17.3. The first-order valence-electron chi connectivity index (χ1n) is 10.0. The highest BCUT2D eigenvalue weighted by Crippen LogP contribution is 2.19. The van der Waals surface area contributed by atoms with Crippen LogP contribution in [0.5, 0.6) is 5.75 Å². The van der Waals surface area contributed by atoms with Crippen molar-refractivity contribution in [3.05, 3.63) is 81.5 Å². The molecule has 0 fully saturated rings. The minimum Gasteiger partial charge on any atom is -0.494 e. The predicted octanol–water partition coefficient (Wildman–Crippen LogP) is 5.45. The molecule has 3 rings (SSSR count). The number of hydrogen-bond acceptors (Lipinski definition) is 5. The van der Waals surface area contributed by atoms with Crippen LogP contribution in [0.15, 0.2) is 57.6 Å². The summed E-state index contributed by atoms with van der Waals surface area (Å²) < 4.78 is 17.2. The zero-order valence-corrected chi connectivity index (χ0v) is 18.9. The second-order valence-corrected chi connectivity index (χ2v) is 8.07. The Kier molecular flexibility index (Phi) is 8.08. The van der Waals surface area contributed by atoms with Gasteiger partial charge in [0.15, 0.2) is 5.89 Å². The molecule has 0 saturated carbocycles. The van der Waals surface area contributed by atoms with Crippen LogP contribution in [0.4, 0.5) is 0 Å². The van der Waals surface area contributed by atoms with E-state index in [4.69, 9.17) is 13.9 Å². The predicted molar refractivity (Wildman–Crippen MR) is 119 cm³/mol. The Labute approximate surface area is 185 Å². The molecule has 30 heavy (non-hydrogen) atoms. The molecule has 2 aromatic carbocycles. The first-order chi connectivity index (χ1) is 14.5. The number of carbonyl (C=O) groups is 1. The molecule has 0 bridgehead atoms. The number of carbonyl (C=O) groups excluding carboxylic acids is 1. The second-order valence-electron chi connectivity index (χ2n) is 7.16. The number of halogens is 1. The first-order valence-corrected chi connectivity index (χ1v) is 10.8. The van der Waals surface area contributed by atoms with Gasteiger partial charge in [0, 0.05) is 17.3 Å². The van der Waals surface area contributed by atoms with E-state index in [9.17, 15) is 4.79 Å². The van der Waals surface area contributed by atoms with E-state index in [2.05, 4.69) is 33.0 Å². The van der Waals surface area contributed by atoms with E-state index in [0.717, 1.165) is 51.3 Å². The fourth-order valence-electron chi connectivity index (χ4n) is 3.19. The maximum atomic E-state index is 11.3. The standard InChI is InChI=1S/C24H26BrNO4/c1-17-13-22(10-8-19(17)9-11-24(27)28-2)29-12-4-7-21-16-30-23(26-21)15-18-5-3-6-20(25)14-18/h3,5-6,8,10,13-14,16H,4,7,9,11-12,15H2,1-2H3. The zero-order chi connectivity index (χ0) is 21.3. The van der Waals surface area contributed by atoms with Gasteiger partial charge < -0.3 is 13.9 Å². The smallest absolute Gasteiger partial charge is 0.305 e. The number of methoxy groups -OCH3 is 1. The summed E-state index contributed by atoms with van der Waals surface area (Å²) in [6.45, 7) is 2.64. The van der Waals surface area contributed by atoms with E-state index in [0.29, 0.717) is 25.9 Å². The fourth-order valence-corrected chi connectivity index (χ4v) is 3.63. The number of oxazole rings is 1. The van der Waals surface area contributed by atoms with E-state index >= 15 is 0 Å². The van der Waals surface area contributed by atoms with Crippen LogP contribution in [0.1, 0.15) is 41.1 Å². The Morgan fingerprint density at radius 2 is 2.03 bits per heavy atom. The molecule has 0 unspecified atom stereocenters. The Morgan fingerprint density at radius 3 is 2.80 bits per heavy atom. The normalized spacial score (nSPS) is 10.8. The number of esters is 1. The molecule has 0 radical (unpaired) electrons. The maximum absolute atomic E-state index is 11.3. The third-order valence-electron chi connectivity index (χ3n) is 4.83. The summed E-state index contributed by atoms with van der Waals surface area (Å²) in [6.07, 6.45) is 5.13. The Hall–Kier alpha value is -2.60. The molecular weight excluding hydrogens is 446 g/mol. The average molecular weight is 472 g/mol. The van der Waals surface area contributed by atoms with Gasteiger partial charge in [-0.25, -0.2) is 4.98 Å². The summed E-state index contributed by atoms with van der Waals surface area (Å²) in [5, 5.41) is 0. The molecule has 0 spiro atoms. The van der Waals surface area contributed by atoms with Crippen molar-refractivity contribution in [1.29, 1.82) is 0 Å². The lowest BCUT2D eigenvalue weighted by Gasteiger charge is -2.10. The number of rotatable bonds is 10. The van der Waals surface area contributed by atoms with Gasteiger partial charge in [-0.15, -0.1) is 0 Å². The highest BCUT2D eigenvalue weighted by atomic mass is 79.9. The van der Waals surface area contributed by atoms with Crippen molar-refractivity contribution in [1.82, 2.24) is 4.98 Å². The second kappa shape index (κ2) is 11.0. The number of aryl methyl sites for hydroxylation is 3. The number of nitrogens with zero attached hydrogens (tertiary/aromatic N) is 1. The maximum Gasteiger partial charge on any atom is 0.305 e. The van der Waals surface area contributed by atoms with Gasteiger partial charge >= 0.3 is 5.97 Å². The van der Waals surface area contributed by atoms with Gasteiger partial charge in [-0.3, -0.25) is 4.79 Å². The lowest BCUT2D eigenvalue weighted by Crippen LogP contribution is -2.03. The molecule has 3 aromatic rings. The topological polar surface area (TPSA) is 61.6 Å². The number of benzene rings is 2. The molecule has 0 aliphatic carbocycles. The molecule has 0 N–H and O–H groups in total. The molecule has 158 valence electrons. The van der Waals surface area contributed by atoms with Crippen LogP contribution in [-0.4, -0.2) is 24.7 Å². The van der Waals surface area contributed by atoms with Crippen LogP contribution < -0.4 is 4.74 Å². The molecule has 6 heteroatoms. The molecule has 0 aliphatic heterocycles. The molecule has 0 amide bonds. The lowest BCUT2D eigenvalue weighted by molar-refractivity contribution is -0.140. The van der Waals surface area contributed by atoms with Crippen LogP contribution in [0.3, 0.4) is 0 Å². The van der Waals surface area contributed by atoms with Crippen molar-refractivity contribution in [2.24, 2.45) is 0 Å². The van der Waals surface area contributed by atoms with Crippen molar-refractivity contribution < 1.29 is 18.7 Å². The van der Waals surface area contributed by atoms with E-state index in [1.807, 2.05) is 37.3 Å². The molecule has 0 saturated heterocycles. The van der Waals surface area contributed by atoms with Crippen molar-refractivity contribution >= 4 is 21.9 Å². The van der Waals surface area contributed by atoms with Gasteiger partial charge in [-0.2, -0.15) is 0 Å². The van der Waals surface area contributed by atoms with Crippen LogP contribution in [0.2, 0.25) is 0 Å². The van der Waals surface area contributed by atoms with Crippen LogP contribution in [0, 0.1) is 6.92 Å². The molecule has 1 heterocycles. The summed E-state index contributed by atoms with van der Waals surface area (Å²) >= 11 is 3.48. The summed E-state index contributed by atoms with van der Waals surface area (Å²) in [6, 6.07) is 14.1. The van der Waals surface area contributed by atoms with Crippen LogP contribution in [0.25, 0.3) is 0 Å². The monoisotopic (exact) mass is 471 g/mol. The van der Waals surface area contributed by atoms with E-state index < -0.39 is 0 Å². The largest absolute Gasteiger partial charge is 0.494 e. The number of ether oxygens (including phenoxy) is 2. The number of hydrogen-bond donors (Lipinski definition) is 0. The van der Waals surface area contributed by atoms with E-state index in [1.54, 1.807) is 6.26 Å². The minimum absolute atomic E-state index is 0.192. The molecule has 1 aromatic heterocycles. The summed E-state index contributed by atoms with van der Waals surface area (Å²) in [4.78, 5) is 15.9. The van der Waals surface area contributed by atoms with Gasteiger partial charge in [0.1, 0.15) is 12.0 Å². The van der Waals surface area contributed by atoms with Crippen molar-refractivity contribution in [2.45, 2.75) is 39.0 Å². The summed E-state index contributed by atoms with van der Waals surface area (Å²) in [5.41, 5.74) is 4.35. The van der Waals surface area contributed by atoms with Crippen LogP contribution >= 0.6 is 15.9 Å². The fraction of sp³-hybridized carbons (Fsp3) is 0.333. The highest BCUT2D eigenvalue weighted by Gasteiger charge is 2.07. The third kappa shape index (κ3) is 6.73. The van der Waals surface area contributed by atoms with Crippen molar-refractivity contribution in [3.8, 4) is 5.75 Å². The van der Waals surface area contributed by atoms with Gasteiger partial charge in [-0.05, 0) is 67.1 Å². The molecule has 0 aliphatic rings.